The molecule has 0 N–H and O–H groups in total. The second-order valence-corrected chi connectivity index (χ2v) is 3.23. The summed E-state index contributed by atoms with van der Waals surface area (Å²) in [6.07, 6.45) is 1.52. The molecule has 1 aromatic rings. The summed E-state index contributed by atoms with van der Waals surface area (Å²) in [7, 11) is 0. The predicted octanol–water partition coefficient (Wildman–Crippen LogP) is 2.92. The fraction of sp³-hybridized carbons (Fsp3) is 0.200. The quantitative estimate of drug-likeness (QED) is 0.591. The van der Waals surface area contributed by atoms with Crippen LogP contribution in [0.25, 0.3) is 0 Å². The summed E-state index contributed by atoms with van der Waals surface area (Å²) < 4.78 is 17.9. The molecule has 0 bridgehead atoms. The van der Waals surface area contributed by atoms with Crippen molar-refractivity contribution >= 4 is 17.8 Å². The maximum atomic E-state index is 12.2. The van der Waals surface area contributed by atoms with Crippen LogP contribution in [0.2, 0.25) is 5.15 Å². The zero-order valence-electron chi connectivity index (χ0n) is 8.45. The fourth-order valence-electron chi connectivity index (χ4n) is 1.17. The molecule has 1 rings (SSSR count). The Morgan fingerprint density at radius 1 is 1.56 bits per heavy atom. The van der Waals surface area contributed by atoms with Crippen molar-refractivity contribution in [3.8, 4) is 5.75 Å². The molecule has 0 amide bonds. The van der Waals surface area contributed by atoms with E-state index in [9.17, 15) is 9.18 Å². The van der Waals surface area contributed by atoms with Gasteiger partial charge in [-0.2, -0.15) is 5.10 Å². The van der Waals surface area contributed by atoms with Gasteiger partial charge in [0.2, 0.25) is 0 Å². The topological polar surface area (TPSA) is 44.1 Å². The monoisotopic (exact) mass is 244 g/mol. The molecular formula is C10H10ClFN2O2. The first kappa shape index (κ1) is 12.4. The lowest BCUT2D eigenvalue weighted by atomic mass is 10.3. The van der Waals surface area contributed by atoms with Crippen molar-refractivity contribution < 1.29 is 13.9 Å². The van der Waals surface area contributed by atoms with Crippen molar-refractivity contribution in [1.82, 2.24) is 9.78 Å². The molecule has 0 saturated carbocycles. The number of hydrogen-bond acceptors (Lipinski definition) is 3. The summed E-state index contributed by atoms with van der Waals surface area (Å²) in [4.78, 5) is 10.3. The number of halogens is 2. The van der Waals surface area contributed by atoms with Gasteiger partial charge in [-0.25, -0.2) is 9.48 Å². The molecule has 16 heavy (non-hydrogen) atoms. The minimum absolute atomic E-state index is 0.0581. The van der Waals surface area contributed by atoms with Gasteiger partial charge in [0.1, 0.15) is 5.69 Å². The zero-order chi connectivity index (χ0) is 12.1. The van der Waals surface area contributed by atoms with Crippen molar-refractivity contribution in [2.75, 3.05) is 0 Å². The van der Waals surface area contributed by atoms with Gasteiger partial charge in [0.15, 0.2) is 10.9 Å². The average molecular weight is 245 g/mol. The van der Waals surface area contributed by atoms with Crippen molar-refractivity contribution in [3.63, 3.8) is 0 Å². The molecule has 0 aliphatic heterocycles. The van der Waals surface area contributed by atoms with E-state index >= 15 is 0 Å². The van der Waals surface area contributed by atoms with Gasteiger partial charge in [-0.15, -0.1) is 17.5 Å². The van der Waals surface area contributed by atoms with Gasteiger partial charge in [-0.3, -0.25) is 0 Å². The van der Waals surface area contributed by atoms with Crippen molar-refractivity contribution in [1.29, 1.82) is 0 Å². The highest BCUT2D eigenvalue weighted by Gasteiger charge is 2.19. The molecule has 0 aliphatic carbocycles. The third-order valence-corrected chi connectivity index (χ3v) is 2.11. The number of aromatic nitrogens is 2. The first-order valence-electron chi connectivity index (χ1n) is 4.44. The number of carbonyl (C=O) groups excluding carboxylic acids is 1. The summed E-state index contributed by atoms with van der Waals surface area (Å²) >= 11 is 5.86. The van der Waals surface area contributed by atoms with Gasteiger partial charge in [-0.1, -0.05) is 23.8 Å². The van der Waals surface area contributed by atoms with Gasteiger partial charge >= 0.3 is 6.22 Å². The standard InChI is InChI=1S/C10H10ClFN2O2/c1-3-5-7-8(16-10(12)15)9(11)14(13-7)6-4-2/h3-4H,1-2,5-6H2. The second kappa shape index (κ2) is 5.46. The Balaban J connectivity index is 3.13. The molecule has 1 heterocycles. The van der Waals surface area contributed by atoms with Crippen LogP contribution in [0, 0.1) is 0 Å². The normalized spacial score (nSPS) is 9.88. The molecule has 6 heteroatoms. The van der Waals surface area contributed by atoms with E-state index in [-0.39, 0.29) is 10.9 Å². The number of ether oxygens (including phenoxy) is 1. The van der Waals surface area contributed by atoms with E-state index in [0.29, 0.717) is 18.7 Å². The van der Waals surface area contributed by atoms with E-state index in [1.807, 2.05) is 0 Å². The third-order valence-electron chi connectivity index (χ3n) is 1.74. The highest BCUT2D eigenvalue weighted by atomic mass is 35.5. The Kier molecular flexibility index (Phi) is 4.25. The number of hydrogen-bond donors (Lipinski definition) is 0. The molecule has 0 atom stereocenters. The van der Waals surface area contributed by atoms with Crippen molar-refractivity contribution in [2.24, 2.45) is 0 Å². The smallest absolute Gasteiger partial charge is 0.396 e. The van der Waals surface area contributed by atoms with Gasteiger partial charge in [0.25, 0.3) is 0 Å². The van der Waals surface area contributed by atoms with E-state index in [4.69, 9.17) is 11.6 Å². The molecule has 4 nitrogen and oxygen atoms in total. The molecule has 0 radical (unpaired) electrons. The lowest BCUT2D eigenvalue weighted by Crippen LogP contribution is -1.99. The molecule has 0 fully saturated rings. The summed E-state index contributed by atoms with van der Waals surface area (Å²) in [5, 5.41) is 4.10. The minimum Gasteiger partial charge on any atom is -0.396 e. The summed E-state index contributed by atoms with van der Waals surface area (Å²) in [5.41, 5.74) is 0.354. The summed E-state index contributed by atoms with van der Waals surface area (Å²) in [6.45, 7) is 7.38. The lowest BCUT2D eigenvalue weighted by molar-refractivity contribution is 0.175. The first-order valence-corrected chi connectivity index (χ1v) is 4.82. The van der Waals surface area contributed by atoms with Crippen LogP contribution in [-0.2, 0) is 13.0 Å². The number of nitrogens with zero attached hydrogens (tertiary/aromatic N) is 2. The fourth-order valence-corrected chi connectivity index (χ4v) is 1.42. The van der Waals surface area contributed by atoms with Crippen LogP contribution in [-0.4, -0.2) is 16.0 Å². The lowest BCUT2D eigenvalue weighted by Gasteiger charge is -1.98. The summed E-state index contributed by atoms with van der Waals surface area (Å²) in [6, 6.07) is 0. The van der Waals surface area contributed by atoms with E-state index < -0.39 is 6.22 Å². The molecule has 0 aliphatic rings. The molecule has 86 valence electrons. The number of rotatable bonds is 5. The molecule has 0 spiro atoms. The Labute approximate surface area is 97.0 Å². The predicted molar refractivity (Wildman–Crippen MR) is 58.5 cm³/mol. The highest BCUT2D eigenvalue weighted by Crippen LogP contribution is 2.29. The van der Waals surface area contributed by atoms with Crippen LogP contribution in [0.1, 0.15) is 5.69 Å². The van der Waals surface area contributed by atoms with Crippen LogP contribution >= 0.6 is 11.6 Å². The van der Waals surface area contributed by atoms with Gasteiger partial charge in [0.05, 0.1) is 6.54 Å². The average Bonchev–Trinajstić information content (AvgIpc) is 2.47. The highest BCUT2D eigenvalue weighted by molar-refractivity contribution is 6.31. The Hall–Kier alpha value is -1.62. The molecule has 0 saturated heterocycles. The molecule has 1 aromatic heterocycles. The van der Waals surface area contributed by atoms with Gasteiger partial charge in [0, 0.05) is 6.42 Å². The maximum absolute atomic E-state index is 12.2. The van der Waals surface area contributed by atoms with Crippen LogP contribution in [0.5, 0.6) is 5.75 Å². The first-order chi connectivity index (χ1) is 7.60. The summed E-state index contributed by atoms with van der Waals surface area (Å²) in [5.74, 6) is -0.0732. The molecule has 0 unspecified atom stereocenters. The van der Waals surface area contributed by atoms with Crippen molar-refractivity contribution in [3.05, 3.63) is 36.2 Å². The largest absolute Gasteiger partial charge is 0.501 e. The Morgan fingerprint density at radius 3 is 2.75 bits per heavy atom. The SMILES string of the molecule is C=CCc1nn(CC=C)c(Cl)c1OC(=O)F. The van der Waals surface area contributed by atoms with Gasteiger partial charge < -0.3 is 4.74 Å². The van der Waals surface area contributed by atoms with Gasteiger partial charge in [-0.05, 0) is 0 Å². The zero-order valence-corrected chi connectivity index (χ0v) is 9.21. The van der Waals surface area contributed by atoms with E-state index in [1.165, 1.54) is 4.68 Å². The van der Waals surface area contributed by atoms with Crippen LogP contribution in [0.15, 0.2) is 25.3 Å². The number of carbonyl (C=O) groups is 1. The van der Waals surface area contributed by atoms with Crippen molar-refractivity contribution in [2.45, 2.75) is 13.0 Å². The molecule has 0 aromatic carbocycles. The van der Waals surface area contributed by atoms with E-state index in [0.717, 1.165) is 0 Å². The maximum Gasteiger partial charge on any atom is 0.501 e. The molecular weight excluding hydrogens is 235 g/mol. The minimum atomic E-state index is -1.93. The number of allylic oxidation sites excluding steroid dienone is 2. The van der Waals surface area contributed by atoms with E-state index in [1.54, 1.807) is 12.2 Å². The Morgan fingerprint density at radius 2 is 2.25 bits per heavy atom. The van der Waals surface area contributed by atoms with Crippen LogP contribution in [0.4, 0.5) is 9.18 Å². The van der Waals surface area contributed by atoms with Crippen LogP contribution < -0.4 is 4.74 Å². The van der Waals surface area contributed by atoms with Crippen LogP contribution in [0.3, 0.4) is 0 Å². The second-order valence-electron chi connectivity index (χ2n) is 2.87. The van der Waals surface area contributed by atoms with E-state index in [2.05, 4.69) is 23.0 Å². The Bertz CT molecular complexity index is 429. The third kappa shape index (κ3) is 2.70.